The average molecular weight is 264 g/mol. The van der Waals surface area contributed by atoms with Gasteiger partial charge in [-0.25, -0.2) is 0 Å². The minimum Gasteiger partial charge on any atom is -0.354 e. The third-order valence-electron chi connectivity index (χ3n) is 2.41. The summed E-state index contributed by atoms with van der Waals surface area (Å²) in [4.78, 5) is 11.5. The zero-order valence-electron chi connectivity index (χ0n) is 9.48. The summed E-state index contributed by atoms with van der Waals surface area (Å²) in [6.45, 7) is 6.30. The fourth-order valence-electron chi connectivity index (χ4n) is 1.25. The van der Waals surface area contributed by atoms with Gasteiger partial charge in [0, 0.05) is 17.8 Å². The lowest BCUT2D eigenvalue weighted by molar-refractivity contribution is -0.122. The number of alkyl halides is 1. The Morgan fingerprint density at radius 2 is 2.07 bits per heavy atom. The van der Waals surface area contributed by atoms with Gasteiger partial charge in [-0.05, 0) is 25.7 Å². The Bertz CT molecular complexity index is 161. The molecular weight excluding hydrogens is 242 g/mol. The van der Waals surface area contributed by atoms with E-state index in [-0.39, 0.29) is 5.91 Å². The minimum absolute atomic E-state index is 0.196. The van der Waals surface area contributed by atoms with Crippen molar-refractivity contribution in [3.8, 4) is 0 Å². The van der Waals surface area contributed by atoms with E-state index in [0.29, 0.717) is 18.4 Å². The van der Waals surface area contributed by atoms with Crippen LogP contribution in [0.4, 0.5) is 0 Å². The van der Waals surface area contributed by atoms with Gasteiger partial charge in [-0.2, -0.15) is 0 Å². The molecule has 0 heterocycles. The number of carbonyl (C=O) groups excluding carboxylic acids is 1. The molecule has 14 heavy (non-hydrogen) atoms. The summed E-state index contributed by atoms with van der Waals surface area (Å²) in [5, 5.41) is 4.03. The number of nitrogens with one attached hydrogen (secondary N) is 1. The second-order valence-corrected chi connectivity index (χ2v) is 4.81. The first-order chi connectivity index (χ1) is 6.60. The molecule has 0 aliphatic carbocycles. The van der Waals surface area contributed by atoms with Crippen LogP contribution in [0, 0.1) is 5.92 Å². The molecule has 0 fully saturated rings. The second kappa shape index (κ2) is 8.27. The van der Waals surface area contributed by atoms with Crippen LogP contribution >= 0.6 is 15.9 Å². The maximum atomic E-state index is 11.5. The lowest BCUT2D eigenvalue weighted by Gasteiger charge is -2.14. The van der Waals surface area contributed by atoms with Gasteiger partial charge in [0.15, 0.2) is 0 Å². The van der Waals surface area contributed by atoms with Crippen molar-refractivity contribution in [2.24, 2.45) is 5.92 Å². The third kappa shape index (κ3) is 7.36. The molecule has 0 rings (SSSR count). The van der Waals surface area contributed by atoms with Gasteiger partial charge in [-0.1, -0.05) is 36.2 Å². The topological polar surface area (TPSA) is 29.1 Å². The molecule has 84 valence electrons. The first-order valence-electron chi connectivity index (χ1n) is 5.45. The van der Waals surface area contributed by atoms with E-state index in [1.807, 2.05) is 0 Å². The van der Waals surface area contributed by atoms with Crippen molar-refractivity contribution in [3.05, 3.63) is 0 Å². The van der Waals surface area contributed by atoms with Gasteiger partial charge in [0.05, 0.1) is 0 Å². The second-order valence-electron chi connectivity index (χ2n) is 4.02. The number of hydrogen-bond acceptors (Lipinski definition) is 1. The minimum atomic E-state index is 0.196. The number of rotatable bonds is 7. The fourth-order valence-corrected chi connectivity index (χ4v) is 1.57. The zero-order valence-corrected chi connectivity index (χ0v) is 11.1. The third-order valence-corrected chi connectivity index (χ3v) is 2.97. The highest BCUT2D eigenvalue weighted by Gasteiger charge is 2.09. The van der Waals surface area contributed by atoms with E-state index in [0.717, 1.165) is 24.6 Å². The Morgan fingerprint density at radius 3 is 2.57 bits per heavy atom. The molecular formula is C11H22BrNO. The van der Waals surface area contributed by atoms with E-state index < -0.39 is 0 Å². The zero-order chi connectivity index (χ0) is 11.0. The summed E-state index contributed by atoms with van der Waals surface area (Å²) in [6.07, 6.45) is 3.90. The van der Waals surface area contributed by atoms with Crippen LogP contribution in [-0.2, 0) is 4.79 Å². The molecule has 0 aromatic rings. The first kappa shape index (κ1) is 13.9. The smallest absolute Gasteiger partial charge is 0.220 e. The van der Waals surface area contributed by atoms with Gasteiger partial charge in [0.2, 0.25) is 5.91 Å². The molecule has 0 aromatic heterocycles. The molecule has 0 aliphatic heterocycles. The van der Waals surface area contributed by atoms with E-state index in [9.17, 15) is 4.79 Å². The molecule has 2 unspecified atom stereocenters. The summed E-state index contributed by atoms with van der Waals surface area (Å²) in [5.74, 6) is 0.694. The Balaban J connectivity index is 3.60. The average Bonchev–Trinajstić information content (AvgIpc) is 2.14. The van der Waals surface area contributed by atoms with Gasteiger partial charge in [0.25, 0.3) is 0 Å². The standard InChI is InChI=1S/C11H22BrNO/c1-4-9(2)8-11(14)13-10(3)6-5-7-12/h9-10H,4-8H2,1-3H3,(H,13,14). The fraction of sp³-hybridized carbons (Fsp3) is 0.909. The van der Waals surface area contributed by atoms with Gasteiger partial charge in [-0.15, -0.1) is 0 Å². The molecule has 0 spiro atoms. The Kier molecular flexibility index (Phi) is 8.24. The van der Waals surface area contributed by atoms with Crippen molar-refractivity contribution in [1.29, 1.82) is 0 Å². The molecule has 0 saturated heterocycles. The van der Waals surface area contributed by atoms with E-state index >= 15 is 0 Å². The Hall–Kier alpha value is -0.0500. The van der Waals surface area contributed by atoms with Crippen LogP contribution in [0.2, 0.25) is 0 Å². The van der Waals surface area contributed by atoms with Gasteiger partial charge >= 0.3 is 0 Å². The normalized spacial score (nSPS) is 14.9. The van der Waals surface area contributed by atoms with E-state index in [1.54, 1.807) is 0 Å². The van der Waals surface area contributed by atoms with Gasteiger partial charge in [-0.3, -0.25) is 4.79 Å². The number of halogens is 1. The molecule has 0 radical (unpaired) electrons. The molecule has 3 heteroatoms. The molecule has 0 aromatic carbocycles. The number of amides is 1. The number of hydrogen-bond donors (Lipinski definition) is 1. The van der Waals surface area contributed by atoms with E-state index in [4.69, 9.17) is 0 Å². The van der Waals surface area contributed by atoms with Crippen molar-refractivity contribution in [3.63, 3.8) is 0 Å². The van der Waals surface area contributed by atoms with Crippen LogP contribution in [0.15, 0.2) is 0 Å². The highest BCUT2D eigenvalue weighted by molar-refractivity contribution is 9.09. The van der Waals surface area contributed by atoms with Crippen molar-refractivity contribution >= 4 is 21.8 Å². The SMILES string of the molecule is CCC(C)CC(=O)NC(C)CCCBr. The molecule has 0 aliphatic rings. The summed E-state index contributed by atoms with van der Waals surface area (Å²) in [7, 11) is 0. The van der Waals surface area contributed by atoms with Crippen LogP contribution in [0.1, 0.15) is 46.5 Å². The predicted octanol–water partition coefficient (Wildman–Crippen LogP) is 3.10. The lowest BCUT2D eigenvalue weighted by atomic mass is 10.0. The van der Waals surface area contributed by atoms with Crippen molar-refractivity contribution in [2.45, 2.75) is 52.5 Å². The van der Waals surface area contributed by atoms with Crippen LogP contribution in [0.5, 0.6) is 0 Å². The van der Waals surface area contributed by atoms with Crippen LogP contribution in [0.3, 0.4) is 0 Å². The maximum Gasteiger partial charge on any atom is 0.220 e. The van der Waals surface area contributed by atoms with Gasteiger partial charge in [0.1, 0.15) is 0 Å². The van der Waals surface area contributed by atoms with Crippen molar-refractivity contribution < 1.29 is 4.79 Å². The highest BCUT2D eigenvalue weighted by atomic mass is 79.9. The molecule has 1 N–H and O–H groups in total. The van der Waals surface area contributed by atoms with Crippen molar-refractivity contribution in [1.82, 2.24) is 5.32 Å². The molecule has 2 atom stereocenters. The molecule has 0 saturated carbocycles. The highest BCUT2D eigenvalue weighted by Crippen LogP contribution is 2.06. The maximum absolute atomic E-state index is 11.5. The largest absolute Gasteiger partial charge is 0.354 e. The van der Waals surface area contributed by atoms with Crippen molar-refractivity contribution in [2.75, 3.05) is 5.33 Å². The van der Waals surface area contributed by atoms with Gasteiger partial charge < -0.3 is 5.32 Å². The Labute approximate surface area is 96.0 Å². The molecule has 0 bridgehead atoms. The summed E-state index contributed by atoms with van der Waals surface area (Å²) in [6, 6.07) is 0.309. The summed E-state index contributed by atoms with van der Waals surface area (Å²) >= 11 is 3.38. The van der Waals surface area contributed by atoms with Crippen LogP contribution < -0.4 is 5.32 Å². The quantitative estimate of drug-likeness (QED) is 0.703. The summed E-state index contributed by atoms with van der Waals surface area (Å²) in [5.41, 5.74) is 0. The molecule has 2 nitrogen and oxygen atoms in total. The first-order valence-corrected chi connectivity index (χ1v) is 6.57. The van der Waals surface area contributed by atoms with E-state index in [1.165, 1.54) is 0 Å². The predicted molar refractivity (Wildman–Crippen MR) is 64.7 cm³/mol. The Morgan fingerprint density at radius 1 is 1.43 bits per heavy atom. The molecule has 1 amide bonds. The van der Waals surface area contributed by atoms with Crippen LogP contribution in [-0.4, -0.2) is 17.3 Å². The lowest BCUT2D eigenvalue weighted by Crippen LogP contribution is -2.33. The summed E-state index contributed by atoms with van der Waals surface area (Å²) < 4.78 is 0. The van der Waals surface area contributed by atoms with Crippen LogP contribution in [0.25, 0.3) is 0 Å². The monoisotopic (exact) mass is 263 g/mol. The number of carbonyl (C=O) groups is 1. The van der Waals surface area contributed by atoms with E-state index in [2.05, 4.69) is 42.0 Å².